The maximum Gasteiger partial charge on any atom is 0.293 e. The van der Waals surface area contributed by atoms with E-state index in [9.17, 15) is 14.9 Å². The molecule has 0 aromatic heterocycles. The molecule has 2 heterocycles. The maximum atomic E-state index is 14.1. The summed E-state index contributed by atoms with van der Waals surface area (Å²) in [6.45, 7) is 1.55. The first-order valence-corrected chi connectivity index (χ1v) is 14.3. The Balaban J connectivity index is 1.41. The number of benzene rings is 3. The van der Waals surface area contributed by atoms with Crippen molar-refractivity contribution < 1.29 is 9.72 Å². The highest BCUT2D eigenvalue weighted by atomic mass is 35.5. The van der Waals surface area contributed by atoms with Gasteiger partial charge in [0.05, 0.1) is 16.7 Å². The number of fused-ring (bicyclic) bond motifs is 1. The second kappa shape index (κ2) is 11.1. The van der Waals surface area contributed by atoms with Gasteiger partial charge in [0, 0.05) is 40.7 Å². The SMILES string of the molecule is O=C(c1ccc(N2CCCC2)c([N+](=O)[O-])c1)N1N=C2/C(=C/c3ccc(Cl)cc3)CCC[C@@H]2[C@@H]1c1ccc(Cl)cc1. The molecule has 9 heteroatoms. The molecule has 0 unspecified atom stereocenters. The number of nitro groups is 1. The van der Waals surface area contributed by atoms with Gasteiger partial charge in [0.2, 0.25) is 0 Å². The van der Waals surface area contributed by atoms with Gasteiger partial charge in [0.15, 0.2) is 0 Å². The van der Waals surface area contributed by atoms with E-state index >= 15 is 0 Å². The van der Waals surface area contributed by atoms with Gasteiger partial charge in [-0.1, -0.05) is 47.5 Å². The molecule has 2 atom stereocenters. The number of rotatable bonds is 5. The molecule has 1 saturated heterocycles. The summed E-state index contributed by atoms with van der Waals surface area (Å²) in [5.74, 6) is -0.361. The fourth-order valence-corrected chi connectivity index (χ4v) is 6.33. The van der Waals surface area contributed by atoms with Crippen LogP contribution in [0.3, 0.4) is 0 Å². The number of carbonyl (C=O) groups excluding carboxylic acids is 1. The smallest absolute Gasteiger partial charge is 0.293 e. The molecule has 7 nitrogen and oxygen atoms in total. The summed E-state index contributed by atoms with van der Waals surface area (Å²) < 4.78 is 0. The highest BCUT2D eigenvalue weighted by Gasteiger charge is 2.44. The van der Waals surface area contributed by atoms with E-state index in [2.05, 4.69) is 6.08 Å². The average Bonchev–Trinajstić information content (AvgIpc) is 3.63. The minimum Gasteiger partial charge on any atom is -0.366 e. The fraction of sp³-hybridized carbons (Fsp3) is 0.290. The molecule has 0 spiro atoms. The normalized spacial score (nSPS) is 21.4. The Morgan fingerprint density at radius 3 is 2.30 bits per heavy atom. The Morgan fingerprint density at radius 2 is 1.62 bits per heavy atom. The third-order valence-electron chi connectivity index (χ3n) is 8.00. The summed E-state index contributed by atoms with van der Waals surface area (Å²) in [4.78, 5) is 27.7. The summed E-state index contributed by atoms with van der Waals surface area (Å²) in [5, 5.41) is 19.8. The third-order valence-corrected chi connectivity index (χ3v) is 8.50. The van der Waals surface area contributed by atoms with Crippen molar-refractivity contribution in [1.82, 2.24) is 5.01 Å². The van der Waals surface area contributed by atoms with Crippen LogP contribution in [0.1, 0.15) is 59.6 Å². The predicted molar refractivity (Wildman–Crippen MR) is 159 cm³/mol. The lowest BCUT2D eigenvalue weighted by Crippen LogP contribution is -2.32. The number of nitro benzene ring substituents is 1. The molecule has 204 valence electrons. The van der Waals surface area contributed by atoms with Crippen molar-refractivity contribution in [2.24, 2.45) is 11.0 Å². The molecule has 0 radical (unpaired) electrons. The summed E-state index contributed by atoms with van der Waals surface area (Å²) in [5.41, 5.74) is 4.67. The first kappa shape index (κ1) is 26.5. The van der Waals surface area contributed by atoms with E-state index in [0.717, 1.165) is 67.6 Å². The molecular formula is C31H28Cl2N4O3. The first-order chi connectivity index (χ1) is 19.4. The molecule has 6 rings (SSSR count). The molecule has 3 aromatic rings. The van der Waals surface area contributed by atoms with Crippen molar-refractivity contribution >= 4 is 52.3 Å². The van der Waals surface area contributed by atoms with Crippen molar-refractivity contribution in [3.8, 4) is 0 Å². The van der Waals surface area contributed by atoms with Crippen LogP contribution in [-0.4, -0.2) is 34.6 Å². The van der Waals surface area contributed by atoms with Gasteiger partial charge in [-0.05, 0) is 91.3 Å². The zero-order chi connectivity index (χ0) is 27.8. The third kappa shape index (κ3) is 5.11. The molecule has 1 aliphatic carbocycles. The van der Waals surface area contributed by atoms with E-state index in [1.165, 1.54) is 11.1 Å². The highest BCUT2D eigenvalue weighted by molar-refractivity contribution is 6.30. The maximum absolute atomic E-state index is 14.1. The topological polar surface area (TPSA) is 79.0 Å². The second-order valence-electron chi connectivity index (χ2n) is 10.5. The van der Waals surface area contributed by atoms with Gasteiger partial charge in [-0.25, -0.2) is 5.01 Å². The summed E-state index contributed by atoms with van der Waals surface area (Å²) >= 11 is 12.3. The monoisotopic (exact) mass is 574 g/mol. The molecular weight excluding hydrogens is 547 g/mol. The van der Waals surface area contributed by atoms with Crippen LogP contribution in [0.5, 0.6) is 0 Å². The Bertz CT molecular complexity index is 1510. The van der Waals surface area contributed by atoms with Crippen molar-refractivity contribution in [1.29, 1.82) is 0 Å². The molecule has 40 heavy (non-hydrogen) atoms. The van der Waals surface area contributed by atoms with Crippen molar-refractivity contribution in [2.75, 3.05) is 18.0 Å². The lowest BCUT2D eigenvalue weighted by Gasteiger charge is -2.29. The lowest BCUT2D eigenvalue weighted by molar-refractivity contribution is -0.384. The number of amides is 1. The van der Waals surface area contributed by atoms with Gasteiger partial charge in [0.25, 0.3) is 11.6 Å². The minimum atomic E-state index is -0.399. The molecule has 3 aliphatic rings. The van der Waals surface area contributed by atoms with Crippen LogP contribution in [0, 0.1) is 16.0 Å². The number of hydrazone groups is 1. The molecule has 3 aromatic carbocycles. The number of allylic oxidation sites excluding steroid dienone is 1. The van der Waals surface area contributed by atoms with Crippen LogP contribution in [0.25, 0.3) is 6.08 Å². The fourth-order valence-electron chi connectivity index (χ4n) is 6.08. The van der Waals surface area contributed by atoms with E-state index < -0.39 is 4.92 Å². The molecule has 2 aliphatic heterocycles. The largest absolute Gasteiger partial charge is 0.366 e. The van der Waals surface area contributed by atoms with E-state index in [1.807, 2.05) is 53.4 Å². The zero-order valence-electron chi connectivity index (χ0n) is 21.8. The number of anilines is 1. The number of hydrogen-bond donors (Lipinski definition) is 0. The molecule has 0 N–H and O–H groups in total. The number of halogens is 2. The average molecular weight is 575 g/mol. The molecule has 1 saturated carbocycles. The molecule has 1 amide bonds. The van der Waals surface area contributed by atoms with E-state index in [-0.39, 0.29) is 29.1 Å². The molecule has 0 bridgehead atoms. The number of nitrogens with zero attached hydrogens (tertiary/aromatic N) is 4. The van der Waals surface area contributed by atoms with Gasteiger partial charge >= 0.3 is 0 Å². The summed E-state index contributed by atoms with van der Waals surface area (Å²) in [7, 11) is 0. The Morgan fingerprint density at radius 1 is 0.950 bits per heavy atom. The number of carbonyl (C=O) groups is 1. The zero-order valence-corrected chi connectivity index (χ0v) is 23.3. The van der Waals surface area contributed by atoms with Crippen LogP contribution in [0.4, 0.5) is 11.4 Å². The van der Waals surface area contributed by atoms with Gasteiger partial charge in [-0.15, -0.1) is 0 Å². The van der Waals surface area contributed by atoms with Crippen LogP contribution in [-0.2, 0) is 0 Å². The van der Waals surface area contributed by atoms with Gasteiger partial charge in [0.1, 0.15) is 5.69 Å². The Labute approximate surface area is 242 Å². The van der Waals surface area contributed by atoms with Crippen LogP contribution in [0.2, 0.25) is 10.0 Å². The standard InChI is InChI=1S/C31H28Cl2N4O3/c32-24-11-6-20(7-12-24)18-22-4-3-5-26-29(22)34-36(30(26)21-8-13-25(33)14-9-21)31(38)23-10-15-27(28(19-23)37(39)40)35-16-1-2-17-35/h6-15,18-19,26,30H,1-5,16-17H2/b22-18+/t26-,30-/m0/s1. The van der Waals surface area contributed by atoms with Crippen molar-refractivity contribution in [3.63, 3.8) is 0 Å². The predicted octanol–water partition coefficient (Wildman–Crippen LogP) is 7.94. The van der Waals surface area contributed by atoms with Crippen LogP contribution < -0.4 is 4.90 Å². The summed E-state index contributed by atoms with van der Waals surface area (Å²) in [6, 6.07) is 19.6. The lowest BCUT2D eigenvalue weighted by atomic mass is 9.77. The Kier molecular flexibility index (Phi) is 7.34. The Hall–Kier alpha value is -3.68. The second-order valence-corrected chi connectivity index (χ2v) is 11.4. The van der Waals surface area contributed by atoms with Crippen LogP contribution >= 0.6 is 23.2 Å². The van der Waals surface area contributed by atoms with E-state index in [1.54, 1.807) is 12.1 Å². The van der Waals surface area contributed by atoms with E-state index in [0.29, 0.717) is 15.7 Å². The van der Waals surface area contributed by atoms with Crippen LogP contribution in [0.15, 0.2) is 77.4 Å². The van der Waals surface area contributed by atoms with Crippen molar-refractivity contribution in [2.45, 2.75) is 38.1 Å². The van der Waals surface area contributed by atoms with Gasteiger partial charge in [-0.2, -0.15) is 5.10 Å². The van der Waals surface area contributed by atoms with Gasteiger partial charge < -0.3 is 4.90 Å². The first-order valence-electron chi connectivity index (χ1n) is 13.6. The highest BCUT2D eigenvalue weighted by Crippen LogP contribution is 2.45. The van der Waals surface area contributed by atoms with Crippen molar-refractivity contribution in [3.05, 3.63) is 109 Å². The van der Waals surface area contributed by atoms with Gasteiger partial charge in [-0.3, -0.25) is 14.9 Å². The number of hydrogen-bond acceptors (Lipinski definition) is 5. The van der Waals surface area contributed by atoms with E-state index in [4.69, 9.17) is 28.3 Å². The molecule has 2 fully saturated rings. The minimum absolute atomic E-state index is 0.00344. The summed E-state index contributed by atoms with van der Waals surface area (Å²) in [6.07, 6.45) is 6.80. The quantitative estimate of drug-likeness (QED) is 0.229.